The van der Waals surface area contributed by atoms with Crippen molar-refractivity contribution in [2.75, 3.05) is 26.2 Å². The second-order valence-corrected chi connectivity index (χ2v) is 9.44. The molecular weight excluding hydrogens is 462 g/mol. The summed E-state index contributed by atoms with van der Waals surface area (Å²) < 4.78 is 11.6. The number of aromatic hydroxyl groups is 1. The lowest BCUT2D eigenvalue weighted by Crippen LogP contribution is -2.33. The molecule has 3 aromatic carbocycles. The van der Waals surface area contributed by atoms with E-state index < -0.39 is 5.63 Å². The molecule has 1 N–H and O–H groups in total. The van der Waals surface area contributed by atoms with Gasteiger partial charge in [0, 0.05) is 23.0 Å². The number of hydrogen-bond donors (Lipinski definition) is 1. The number of halogens is 1. The highest BCUT2D eigenvalue weighted by atomic mass is 35.5. The molecule has 1 aliphatic rings. The van der Waals surface area contributed by atoms with Crippen molar-refractivity contribution in [1.82, 2.24) is 4.90 Å². The summed E-state index contributed by atoms with van der Waals surface area (Å²) in [7, 11) is 0. The Bertz CT molecular complexity index is 1360. The van der Waals surface area contributed by atoms with Crippen molar-refractivity contribution in [3.05, 3.63) is 93.3 Å². The lowest BCUT2D eigenvalue weighted by Gasteiger charge is -2.26. The Kier molecular flexibility index (Phi) is 7.07. The van der Waals surface area contributed by atoms with Gasteiger partial charge >= 0.3 is 5.63 Å². The zero-order chi connectivity index (χ0) is 24.2. The monoisotopic (exact) mass is 489 g/mol. The average Bonchev–Trinajstić information content (AvgIpc) is 2.86. The van der Waals surface area contributed by atoms with Crippen LogP contribution in [-0.4, -0.2) is 36.2 Å². The predicted octanol–water partition coefficient (Wildman–Crippen LogP) is 6.27. The molecule has 35 heavy (non-hydrogen) atoms. The SMILES string of the molecule is O=c1oc2cc(O)ccc2c(Cc2ccc(OCCN3CCCCC3)cc2)c1-c1ccc(Cl)cc1. The number of benzene rings is 3. The smallest absolute Gasteiger partial charge is 0.344 e. The summed E-state index contributed by atoms with van der Waals surface area (Å²) in [5.41, 5.74) is 3.05. The molecule has 1 saturated heterocycles. The Labute approximate surface area is 209 Å². The standard InChI is InChI=1S/C29H28ClNO4/c30-22-8-6-21(7-9-22)28-26(25-13-10-23(32)19-27(25)35-29(28)33)18-20-4-11-24(12-5-20)34-17-16-31-14-2-1-3-15-31/h4-13,19,32H,1-3,14-18H2. The quantitative estimate of drug-likeness (QED) is 0.310. The summed E-state index contributed by atoms with van der Waals surface area (Å²) in [6.07, 6.45) is 4.41. The van der Waals surface area contributed by atoms with Gasteiger partial charge in [0.05, 0.1) is 5.56 Å². The van der Waals surface area contributed by atoms with Gasteiger partial charge < -0.3 is 14.3 Å². The minimum atomic E-state index is -0.446. The second-order valence-electron chi connectivity index (χ2n) is 9.00. The van der Waals surface area contributed by atoms with Crippen molar-refractivity contribution in [1.29, 1.82) is 0 Å². The maximum atomic E-state index is 13.0. The van der Waals surface area contributed by atoms with E-state index in [9.17, 15) is 9.90 Å². The van der Waals surface area contributed by atoms with Crippen LogP contribution in [0.5, 0.6) is 11.5 Å². The number of phenolic OH excluding ortho intramolecular Hbond substituents is 1. The maximum Gasteiger partial charge on any atom is 0.344 e. The van der Waals surface area contributed by atoms with Gasteiger partial charge in [-0.15, -0.1) is 0 Å². The van der Waals surface area contributed by atoms with Crippen LogP contribution in [0.2, 0.25) is 5.02 Å². The summed E-state index contributed by atoms with van der Waals surface area (Å²) in [5.74, 6) is 0.892. The number of ether oxygens (including phenoxy) is 1. The lowest BCUT2D eigenvalue weighted by molar-refractivity contribution is 0.183. The summed E-state index contributed by atoms with van der Waals surface area (Å²) >= 11 is 6.07. The number of likely N-dealkylation sites (tertiary alicyclic amines) is 1. The zero-order valence-electron chi connectivity index (χ0n) is 19.5. The topological polar surface area (TPSA) is 62.9 Å². The first-order valence-electron chi connectivity index (χ1n) is 12.1. The summed E-state index contributed by atoms with van der Waals surface area (Å²) in [6.45, 7) is 3.95. The fourth-order valence-corrected chi connectivity index (χ4v) is 4.86. The van der Waals surface area contributed by atoms with E-state index in [0.29, 0.717) is 29.2 Å². The number of rotatable bonds is 7. The largest absolute Gasteiger partial charge is 0.508 e. The third kappa shape index (κ3) is 5.53. The fourth-order valence-electron chi connectivity index (χ4n) is 4.73. The third-order valence-electron chi connectivity index (χ3n) is 6.56. The normalized spacial score (nSPS) is 14.3. The molecule has 0 saturated carbocycles. The molecule has 0 radical (unpaired) electrons. The average molecular weight is 490 g/mol. The molecule has 0 unspecified atom stereocenters. The molecule has 0 spiro atoms. The van der Waals surface area contributed by atoms with Crippen LogP contribution >= 0.6 is 11.6 Å². The number of piperidine rings is 1. The summed E-state index contributed by atoms with van der Waals surface area (Å²) in [4.78, 5) is 15.5. The molecular formula is C29H28ClNO4. The molecule has 1 aromatic heterocycles. The van der Waals surface area contributed by atoms with E-state index in [1.807, 2.05) is 36.4 Å². The Morgan fingerprint density at radius 2 is 1.69 bits per heavy atom. The third-order valence-corrected chi connectivity index (χ3v) is 6.81. The van der Waals surface area contributed by atoms with Crippen LogP contribution < -0.4 is 10.4 Å². The van der Waals surface area contributed by atoms with Crippen molar-refractivity contribution in [3.8, 4) is 22.6 Å². The van der Waals surface area contributed by atoms with Gasteiger partial charge in [0.2, 0.25) is 0 Å². The minimum absolute atomic E-state index is 0.0527. The molecule has 2 heterocycles. The van der Waals surface area contributed by atoms with E-state index in [0.717, 1.165) is 47.5 Å². The lowest BCUT2D eigenvalue weighted by atomic mass is 9.93. The summed E-state index contributed by atoms with van der Waals surface area (Å²) in [5, 5.41) is 11.3. The van der Waals surface area contributed by atoms with E-state index in [-0.39, 0.29) is 5.75 Å². The van der Waals surface area contributed by atoms with Crippen molar-refractivity contribution >= 4 is 22.6 Å². The van der Waals surface area contributed by atoms with Gasteiger partial charge in [-0.2, -0.15) is 0 Å². The number of hydrogen-bond acceptors (Lipinski definition) is 5. The summed E-state index contributed by atoms with van der Waals surface area (Å²) in [6, 6.07) is 20.1. The maximum absolute atomic E-state index is 13.0. The van der Waals surface area contributed by atoms with Crippen LogP contribution in [0.4, 0.5) is 0 Å². The van der Waals surface area contributed by atoms with Gasteiger partial charge in [-0.25, -0.2) is 4.79 Å². The van der Waals surface area contributed by atoms with Gasteiger partial charge in [-0.05, 0) is 85.4 Å². The van der Waals surface area contributed by atoms with Crippen molar-refractivity contribution in [2.45, 2.75) is 25.7 Å². The number of nitrogens with zero attached hydrogens (tertiary/aromatic N) is 1. The van der Waals surface area contributed by atoms with E-state index >= 15 is 0 Å². The Morgan fingerprint density at radius 1 is 0.943 bits per heavy atom. The number of fused-ring (bicyclic) bond motifs is 1. The number of phenols is 1. The molecule has 0 aliphatic carbocycles. The Hall–Kier alpha value is -3.28. The van der Waals surface area contributed by atoms with Crippen molar-refractivity contribution < 1.29 is 14.3 Å². The minimum Gasteiger partial charge on any atom is -0.508 e. The molecule has 4 aromatic rings. The molecule has 0 bridgehead atoms. The molecule has 5 nitrogen and oxygen atoms in total. The van der Waals surface area contributed by atoms with Gasteiger partial charge in [-0.3, -0.25) is 4.90 Å². The second kappa shape index (κ2) is 10.5. The fraction of sp³-hybridized carbons (Fsp3) is 0.276. The van der Waals surface area contributed by atoms with Crippen LogP contribution in [0.25, 0.3) is 22.1 Å². The van der Waals surface area contributed by atoms with Gasteiger partial charge in [0.15, 0.2) is 0 Å². The molecule has 1 aliphatic heterocycles. The highest BCUT2D eigenvalue weighted by molar-refractivity contribution is 6.30. The van der Waals surface area contributed by atoms with Crippen LogP contribution in [0, 0.1) is 0 Å². The highest BCUT2D eigenvalue weighted by Gasteiger charge is 2.18. The molecule has 0 atom stereocenters. The first-order chi connectivity index (χ1) is 17.1. The molecule has 1 fully saturated rings. The first-order valence-corrected chi connectivity index (χ1v) is 12.4. The molecule has 0 amide bonds. The zero-order valence-corrected chi connectivity index (χ0v) is 20.3. The Balaban J connectivity index is 1.41. The predicted molar refractivity (Wildman–Crippen MR) is 140 cm³/mol. The first kappa shape index (κ1) is 23.5. The van der Waals surface area contributed by atoms with Gasteiger partial charge in [-0.1, -0.05) is 42.3 Å². The Morgan fingerprint density at radius 3 is 2.43 bits per heavy atom. The van der Waals surface area contributed by atoms with Crippen LogP contribution in [0.3, 0.4) is 0 Å². The van der Waals surface area contributed by atoms with Gasteiger partial charge in [0.1, 0.15) is 23.7 Å². The van der Waals surface area contributed by atoms with E-state index in [4.69, 9.17) is 20.8 Å². The van der Waals surface area contributed by atoms with Crippen molar-refractivity contribution in [3.63, 3.8) is 0 Å². The van der Waals surface area contributed by atoms with Crippen molar-refractivity contribution in [2.24, 2.45) is 0 Å². The van der Waals surface area contributed by atoms with E-state index in [1.165, 1.54) is 25.3 Å². The molecule has 5 rings (SSSR count). The van der Waals surface area contributed by atoms with E-state index in [1.54, 1.807) is 24.3 Å². The molecule has 6 heteroatoms. The highest BCUT2D eigenvalue weighted by Crippen LogP contribution is 2.32. The van der Waals surface area contributed by atoms with Crippen LogP contribution in [0.15, 0.2) is 75.9 Å². The van der Waals surface area contributed by atoms with E-state index in [2.05, 4.69) is 4.90 Å². The van der Waals surface area contributed by atoms with Crippen LogP contribution in [-0.2, 0) is 6.42 Å². The van der Waals surface area contributed by atoms with Crippen LogP contribution in [0.1, 0.15) is 30.4 Å². The molecule has 180 valence electrons. The van der Waals surface area contributed by atoms with Gasteiger partial charge in [0.25, 0.3) is 0 Å².